The number of carbonyl (C=O) groups excluding carboxylic acids is 2. The van der Waals surface area contributed by atoms with Crippen molar-refractivity contribution in [3.8, 4) is 0 Å². The van der Waals surface area contributed by atoms with Gasteiger partial charge in [0.05, 0.1) is 6.54 Å². The fourth-order valence-electron chi connectivity index (χ4n) is 2.22. The summed E-state index contributed by atoms with van der Waals surface area (Å²) >= 11 is 0. The summed E-state index contributed by atoms with van der Waals surface area (Å²) in [5.41, 5.74) is 1.79. The molecule has 1 aliphatic heterocycles. The number of hydrogen-bond acceptors (Lipinski definition) is 2. The third-order valence-corrected chi connectivity index (χ3v) is 3.17. The first kappa shape index (κ1) is 11.8. The van der Waals surface area contributed by atoms with Crippen molar-refractivity contribution in [3.63, 3.8) is 0 Å². The number of ketones is 1. The molecule has 0 spiro atoms. The first-order chi connectivity index (χ1) is 8.22. The lowest BCUT2D eigenvalue weighted by Crippen LogP contribution is -2.40. The topological polar surface area (TPSA) is 37.4 Å². The highest BCUT2D eigenvalue weighted by Crippen LogP contribution is 2.15. The average molecular weight is 231 g/mol. The van der Waals surface area contributed by atoms with Gasteiger partial charge in [-0.05, 0) is 24.5 Å². The standard InChI is InChI=1S/C14H17NO2/c1-2-11-6-3-4-8-13(11)14(17)15-9-5-7-12(16)10-15/h3-4,6,8H,2,5,7,9-10H2,1H3. The van der Waals surface area contributed by atoms with Crippen LogP contribution in [0.15, 0.2) is 24.3 Å². The Bertz CT molecular complexity index is 440. The summed E-state index contributed by atoms with van der Waals surface area (Å²) in [5, 5.41) is 0. The van der Waals surface area contributed by atoms with E-state index in [0.717, 1.165) is 24.0 Å². The molecule has 0 aliphatic carbocycles. The summed E-state index contributed by atoms with van der Waals surface area (Å²) in [6.07, 6.45) is 2.24. The van der Waals surface area contributed by atoms with E-state index in [4.69, 9.17) is 0 Å². The van der Waals surface area contributed by atoms with Crippen LogP contribution >= 0.6 is 0 Å². The van der Waals surface area contributed by atoms with Gasteiger partial charge in [-0.25, -0.2) is 0 Å². The van der Waals surface area contributed by atoms with Gasteiger partial charge in [0.2, 0.25) is 0 Å². The number of amides is 1. The Morgan fingerprint density at radius 2 is 2.12 bits per heavy atom. The van der Waals surface area contributed by atoms with Crippen LogP contribution in [0.1, 0.15) is 35.7 Å². The molecule has 0 unspecified atom stereocenters. The average Bonchev–Trinajstić information content (AvgIpc) is 2.38. The van der Waals surface area contributed by atoms with Gasteiger partial charge in [-0.1, -0.05) is 25.1 Å². The second kappa shape index (κ2) is 5.13. The monoisotopic (exact) mass is 231 g/mol. The number of likely N-dealkylation sites (tertiary alicyclic amines) is 1. The number of rotatable bonds is 2. The normalized spacial score (nSPS) is 16.1. The van der Waals surface area contributed by atoms with E-state index in [1.807, 2.05) is 31.2 Å². The molecule has 0 aromatic heterocycles. The summed E-state index contributed by atoms with van der Waals surface area (Å²) in [5.74, 6) is 0.161. The van der Waals surface area contributed by atoms with E-state index in [-0.39, 0.29) is 18.2 Å². The first-order valence-electron chi connectivity index (χ1n) is 6.11. The highest BCUT2D eigenvalue weighted by molar-refractivity contribution is 5.98. The summed E-state index contributed by atoms with van der Waals surface area (Å²) in [6.45, 7) is 3.01. The minimum absolute atomic E-state index is 0.00417. The molecule has 0 bridgehead atoms. The molecule has 0 radical (unpaired) electrons. The van der Waals surface area contributed by atoms with Gasteiger partial charge in [0.15, 0.2) is 5.78 Å². The third-order valence-electron chi connectivity index (χ3n) is 3.17. The molecular weight excluding hydrogens is 214 g/mol. The van der Waals surface area contributed by atoms with Crippen molar-refractivity contribution in [2.24, 2.45) is 0 Å². The van der Waals surface area contributed by atoms with Crippen molar-refractivity contribution < 1.29 is 9.59 Å². The van der Waals surface area contributed by atoms with Gasteiger partial charge in [0, 0.05) is 18.5 Å². The second-order valence-electron chi connectivity index (χ2n) is 4.38. The molecule has 1 fully saturated rings. The van der Waals surface area contributed by atoms with Crippen LogP contribution in [0.5, 0.6) is 0 Å². The maximum absolute atomic E-state index is 12.3. The van der Waals surface area contributed by atoms with Gasteiger partial charge < -0.3 is 4.90 Å². The quantitative estimate of drug-likeness (QED) is 0.781. The van der Waals surface area contributed by atoms with E-state index in [1.54, 1.807) is 4.90 Å². The molecule has 3 heteroatoms. The number of nitrogens with zero attached hydrogens (tertiary/aromatic N) is 1. The van der Waals surface area contributed by atoms with Crippen molar-refractivity contribution in [1.29, 1.82) is 0 Å². The Balaban J connectivity index is 2.21. The fourth-order valence-corrected chi connectivity index (χ4v) is 2.22. The SMILES string of the molecule is CCc1ccccc1C(=O)N1CCCC(=O)C1. The van der Waals surface area contributed by atoms with Crippen LogP contribution in [0.25, 0.3) is 0 Å². The Labute approximate surface area is 101 Å². The predicted octanol–water partition coefficient (Wildman–Crippen LogP) is 2.05. The number of piperidine rings is 1. The highest BCUT2D eigenvalue weighted by atomic mass is 16.2. The smallest absolute Gasteiger partial charge is 0.254 e. The van der Waals surface area contributed by atoms with Gasteiger partial charge in [-0.3, -0.25) is 9.59 Å². The van der Waals surface area contributed by atoms with E-state index in [9.17, 15) is 9.59 Å². The molecule has 0 N–H and O–H groups in total. The zero-order valence-corrected chi connectivity index (χ0v) is 10.1. The lowest BCUT2D eigenvalue weighted by atomic mass is 10.0. The second-order valence-corrected chi connectivity index (χ2v) is 4.38. The Kier molecular flexibility index (Phi) is 3.57. The molecule has 1 saturated heterocycles. The zero-order chi connectivity index (χ0) is 12.3. The molecule has 1 aliphatic rings. The van der Waals surface area contributed by atoms with Crippen molar-refractivity contribution >= 4 is 11.7 Å². The summed E-state index contributed by atoms with van der Waals surface area (Å²) in [7, 11) is 0. The number of hydrogen-bond donors (Lipinski definition) is 0. The van der Waals surface area contributed by atoms with E-state index < -0.39 is 0 Å². The minimum Gasteiger partial charge on any atom is -0.331 e. The van der Waals surface area contributed by atoms with Gasteiger partial charge >= 0.3 is 0 Å². The molecule has 1 aromatic carbocycles. The molecule has 90 valence electrons. The van der Waals surface area contributed by atoms with Crippen LogP contribution in [0.2, 0.25) is 0 Å². The van der Waals surface area contributed by atoms with E-state index >= 15 is 0 Å². The highest BCUT2D eigenvalue weighted by Gasteiger charge is 2.23. The maximum atomic E-state index is 12.3. The molecule has 0 atom stereocenters. The molecule has 1 heterocycles. The number of benzene rings is 1. The summed E-state index contributed by atoms with van der Waals surface area (Å²) in [6, 6.07) is 7.63. The van der Waals surface area contributed by atoms with Crippen molar-refractivity contribution in [2.75, 3.05) is 13.1 Å². The number of aryl methyl sites for hydroxylation is 1. The van der Waals surface area contributed by atoms with Gasteiger partial charge in [-0.15, -0.1) is 0 Å². The van der Waals surface area contributed by atoms with Crippen molar-refractivity contribution in [1.82, 2.24) is 4.90 Å². The van der Waals surface area contributed by atoms with Crippen LogP contribution in [-0.4, -0.2) is 29.7 Å². The fraction of sp³-hybridized carbons (Fsp3) is 0.429. The van der Waals surface area contributed by atoms with Crippen molar-refractivity contribution in [3.05, 3.63) is 35.4 Å². The molecule has 1 amide bonds. The van der Waals surface area contributed by atoms with E-state index in [2.05, 4.69) is 0 Å². The Hall–Kier alpha value is -1.64. The van der Waals surface area contributed by atoms with Crippen LogP contribution in [-0.2, 0) is 11.2 Å². The molecular formula is C14H17NO2. The Morgan fingerprint density at radius 1 is 1.35 bits per heavy atom. The summed E-state index contributed by atoms with van der Waals surface area (Å²) in [4.78, 5) is 25.3. The number of Topliss-reactive ketones (excluding diaryl/α,β-unsaturated/α-hetero) is 1. The van der Waals surface area contributed by atoms with Crippen LogP contribution in [0.4, 0.5) is 0 Å². The van der Waals surface area contributed by atoms with Gasteiger partial charge in [-0.2, -0.15) is 0 Å². The Morgan fingerprint density at radius 3 is 2.82 bits per heavy atom. The van der Waals surface area contributed by atoms with Crippen LogP contribution in [0.3, 0.4) is 0 Å². The van der Waals surface area contributed by atoms with Gasteiger partial charge in [0.25, 0.3) is 5.91 Å². The predicted molar refractivity (Wildman–Crippen MR) is 66.0 cm³/mol. The summed E-state index contributed by atoms with van der Waals surface area (Å²) < 4.78 is 0. The molecule has 2 rings (SSSR count). The third kappa shape index (κ3) is 2.54. The van der Waals surface area contributed by atoms with Crippen LogP contribution < -0.4 is 0 Å². The van der Waals surface area contributed by atoms with E-state index in [1.165, 1.54) is 0 Å². The molecule has 3 nitrogen and oxygen atoms in total. The largest absolute Gasteiger partial charge is 0.331 e. The number of carbonyl (C=O) groups is 2. The maximum Gasteiger partial charge on any atom is 0.254 e. The van der Waals surface area contributed by atoms with Gasteiger partial charge in [0.1, 0.15) is 0 Å². The zero-order valence-electron chi connectivity index (χ0n) is 10.1. The lowest BCUT2D eigenvalue weighted by molar-refractivity contribution is -0.121. The first-order valence-corrected chi connectivity index (χ1v) is 6.11. The molecule has 0 saturated carbocycles. The van der Waals surface area contributed by atoms with Crippen LogP contribution in [0, 0.1) is 0 Å². The van der Waals surface area contributed by atoms with Crippen molar-refractivity contribution in [2.45, 2.75) is 26.2 Å². The molecule has 1 aromatic rings. The minimum atomic E-state index is -0.00417. The molecule has 17 heavy (non-hydrogen) atoms. The lowest BCUT2D eigenvalue weighted by Gasteiger charge is -2.26. The van der Waals surface area contributed by atoms with E-state index in [0.29, 0.717) is 13.0 Å².